The minimum absolute atomic E-state index is 0.0711. The Morgan fingerprint density at radius 3 is 2.13 bits per heavy atom. The molecule has 0 aliphatic rings. The third-order valence-electron chi connectivity index (χ3n) is 5.57. The number of carbonyl (C=O) groups is 6. The minimum Gasteiger partial charge on any atom is -0.481 e. The van der Waals surface area contributed by atoms with Crippen LogP contribution in [0.3, 0.4) is 0 Å². The number of hydrogen-bond acceptors (Lipinski definition) is 8. The number of aromatic nitrogens is 1. The Bertz CT molecular complexity index is 1200. The number of nitrogens with one attached hydrogen (secondary N) is 4. The number of fused-ring (bicyclic) bond motifs is 1. The fourth-order valence-corrected chi connectivity index (χ4v) is 3.83. The third kappa shape index (κ3) is 8.77. The predicted molar refractivity (Wildman–Crippen MR) is 138 cm³/mol. The molecule has 2 aromatic rings. The van der Waals surface area contributed by atoms with E-state index in [1.54, 1.807) is 18.3 Å². The molecule has 0 bridgehead atoms. The normalized spacial score (nSPS) is 14.1. The second-order valence-corrected chi connectivity index (χ2v) is 8.84. The lowest BCUT2D eigenvalue weighted by atomic mass is 10.0. The molecule has 0 saturated heterocycles. The summed E-state index contributed by atoms with van der Waals surface area (Å²) in [6, 6.07) is 1.71. The SMILES string of the molecule is NC(=O)CCC(NC(=O)C(CS)NC(=O)C(N)CC(=O)O)C(=O)NC(Cc1c[nH]c2ccccc12)C(=O)O. The van der Waals surface area contributed by atoms with Crippen LogP contribution < -0.4 is 27.4 Å². The molecule has 1 aromatic carbocycles. The van der Waals surface area contributed by atoms with Crippen LogP contribution in [0, 0.1) is 0 Å². The number of amides is 4. The lowest BCUT2D eigenvalue weighted by Crippen LogP contribution is -2.58. The van der Waals surface area contributed by atoms with E-state index in [0.717, 1.165) is 10.9 Å². The maximum Gasteiger partial charge on any atom is 0.326 e. The van der Waals surface area contributed by atoms with Crippen LogP contribution in [-0.2, 0) is 35.2 Å². The molecule has 0 fully saturated rings. The smallest absolute Gasteiger partial charge is 0.326 e. The van der Waals surface area contributed by atoms with Crippen molar-refractivity contribution in [2.75, 3.05) is 5.75 Å². The Hall–Kier alpha value is -4.11. The van der Waals surface area contributed by atoms with Gasteiger partial charge in [0.2, 0.25) is 23.6 Å². The summed E-state index contributed by atoms with van der Waals surface area (Å²) in [7, 11) is 0. The lowest BCUT2D eigenvalue weighted by molar-refractivity contribution is -0.142. The van der Waals surface area contributed by atoms with Crippen molar-refractivity contribution in [3.05, 3.63) is 36.0 Å². The number of carboxylic acids is 2. The van der Waals surface area contributed by atoms with Gasteiger partial charge >= 0.3 is 11.9 Å². The average Bonchev–Trinajstić information content (AvgIpc) is 3.26. The van der Waals surface area contributed by atoms with Crippen molar-refractivity contribution in [1.82, 2.24) is 20.9 Å². The first kappa shape index (κ1) is 30.1. The van der Waals surface area contributed by atoms with Crippen LogP contribution in [0.25, 0.3) is 10.9 Å². The predicted octanol–water partition coefficient (Wildman–Crippen LogP) is -1.75. The van der Waals surface area contributed by atoms with Crippen molar-refractivity contribution in [2.45, 2.75) is 49.9 Å². The van der Waals surface area contributed by atoms with E-state index in [-0.39, 0.29) is 25.0 Å². The van der Waals surface area contributed by atoms with Crippen LogP contribution >= 0.6 is 12.6 Å². The van der Waals surface area contributed by atoms with E-state index in [1.807, 2.05) is 12.1 Å². The van der Waals surface area contributed by atoms with E-state index in [4.69, 9.17) is 16.6 Å². The average molecular weight is 551 g/mol. The monoisotopic (exact) mass is 550 g/mol. The number of carboxylic acid groups (broad SMARTS) is 2. The van der Waals surface area contributed by atoms with E-state index >= 15 is 0 Å². The summed E-state index contributed by atoms with van der Waals surface area (Å²) in [4.78, 5) is 75.0. The zero-order valence-electron chi connectivity index (χ0n) is 20.2. The van der Waals surface area contributed by atoms with E-state index in [0.29, 0.717) is 5.56 Å². The molecule has 14 nitrogen and oxygen atoms in total. The molecule has 10 N–H and O–H groups in total. The largest absolute Gasteiger partial charge is 0.481 e. The molecule has 1 aromatic heterocycles. The van der Waals surface area contributed by atoms with E-state index in [1.165, 1.54) is 0 Å². The minimum atomic E-state index is -1.43. The Balaban J connectivity index is 2.14. The molecule has 4 unspecified atom stereocenters. The number of para-hydroxylation sites is 1. The Morgan fingerprint density at radius 2 is 1.53 bits per heavy atom. The Morgan fingerprint density at radius 1 is 0.921 bits per heavy atom. The molecule has 0 radical (unpaired) electrons. The van der Waals surface area contributed by atoms with Crippen molar-refractivity contribution in [3.8, 4) is 0 Å². The summed E-state index contributed by atoms with van der Waals surface area (Å²) in [5.74, 6) is -6.34. The number of benzene rings is 1. The first-order chi connectivity index (χ1) is 17.9. The second kappa shape index (κ2) is 14.0. The fraction of sp³-hybridized carbons (Fsp3) is 0.391. The molecule has 0 aliphatic heterocycles. The molecule has 0 spiro atoms. The summed E-state index contributed by atoms with van der Waals surface area (Å²) in [5, 5.41) is 26.3. The fourth-order valence-electron chi connectivity index (χ4n) is 3.57. The van der Waals surface area contributed by atoms with E-state index in [9.17, 15) is 33.9 Å². The summed E-state index contributed by atoms with van der Waals surface area (Å²) in [6.07, 6.45) is 0.327. The maximum atomic E-state index is 13.0. The highest BCUT2D eigenvalue weighted by molar-refractivity contribution is 7.80. The van der Waals surface area contributed by atoms with Crippen molar-refractivity contribution >= 4 is 59.1 Å². The number of carbonyl (C=O) groups excluding carboxylic acids is 4. The van der Waals surface area contributed by atoms with Gasteiger partial charge in [0.05, 0.1) is 12.5 Å². The summed E-state index contributed by atoms with van der Waals surface area (Å²) in [5.41, 5.74) is 12.1. The second-order valence-electron chi connectivity index (χ2n) is 8.48. The molecule has 38 heavy (non-hydrogen) atoms. The first-order valence-corrected chi connectivity index (χ1v) is 12.1. The number of rotatable bonds is 15. The van der Waals surface area contributed by atoms with Gasteiger partial charge in [0.15, 0.2) is 0 Å². The van der Waals surface area contributed by atoms with E-state index in [2.05, 4.69) is 33.6 Å². The molecule has 4 amide bonds. The molecule has 4 atom stereocenters. The molecule has 1 heterocycles. The molecule has 2 rings (SSSR count). The maximum absolute atomic E-state index is 13.0. The zero-order chi connectivity index (χ0) is 28.4. The number of aliphatic carboxylic acids is 2. The summed E-state index contributed by atoms with van der Waals surface area (Å²) >= 11 is 4.00. The number of thiol groups is 1. The Kier molecular flexibility index (Phi) is 11.1. The highest BCUT2D eigenvalue weighted by Crippen LogP contribution is 2.19. The van der Waals surface area contributed by atoms with Crippen LogP contribution in [0.1, 0.15) is 24.8 Å². The lowest BCUT2D eigenvalue weighted by Gasteiger charge is -2.24. The molecular weight excluding hydrogens is 520 g/mol. The van der Waals surface area contributed by atoms with Crippen LogP contribution in [0.4, 0.5) is 0 Å². The molecule has 15 heteroatoms. The standard InChI is InChI=1S/C23H30N6O8S/c24-13(8-19(31)32)20(33)29-17(10-38)22(35)27-15(5-6-18(25)30)21(34)28-16(23(36)37)7-11-9-26-14-4-2-1-3-12(11)14/h1-4,9,13,15-17,26,38H,5-8,10,24H2,(H2,25,30)(H,27,35)(H,28,34)(H,29,33)(H,31,32)(H,36,37). The molecule has 0 aliphatic carbocycles. The number of nitrogens with two attached hydrogens (primary N) is 2. The van der Waals surface area contributed by atoms with Gasteiger partial charge in [-0.1, -0.05) is 18.2 Å². The van der Waals surface area contributed by atoms with Crippen LogP contribution in [0.2, 0.25) is 0 Å². The third-order valence-corrected chi connectivity index (χ3v) is 5.94. The Labute approximate surface area is 222 Å². The number of hydrogen-bond donors (Lipinski definition) is 9. The van der Waals surface area contributed by atoms with Gasteiger partial charge in [0.25, 0.3) is 0 Å². The first-order valence-electron chi connectivity index (χ1n) is 11.5. The van der Waals surface area contributed by atoms with E-state index < -0.39 is 66.2 Å². The summed E-state index contributed by atoms with van der Waals surface area (Å²) in [6.45, 7) is 0. The van der Waals surface area contributed by atoms with Gasteiger partial charge in [-0.3, -0.25) is 24.0 Å². The van der Waals surface area contributed by atoms with Gasteiger partial charge in [0.1, 0.15) is 18.1 Å². The van der Waals surface area contributed by atoms with Crippen LogP contribution in [0.5, 0.6) is 0 Å². The van der Waals surface area contributed by atoms with Gasteiger partial charge in [-0.15, -0.1) is 0 Å². The topological polar surface area (TPSA) is 247 Å². The van der Waals surface area contributed by atoms with Gasteiger partial charge in [-0.25, -0.2) is 4.79 Å². The molecular formula is C23H30N6O8S. The van der Waals surface area contributed by atoms with Gasteiger partial charge < -0.3 is 42.6 Å². The quantitative estimate of drug-likeness (QED) is 0.114. The number of H-pyrrole nitrogens is 1. The van der Waals surface area contributed by atoms with Gasteiger partial charge in [0, 0.05) is 35.7 Å². The van der Waals surface area contributed by atoms with Gasteiger partial charge in [-0.2, -0.15) is 12.6 Å². The molecule has 0 saturated carbocycles. The van der Waals surface area contributed by atoms with Crippen molar-refractivity contribution in [2.24, 2.45) is 11.5 Å². The van der Waals surface area contributed by atoms with Gasteiger partial charge in [-0.05, 0) is 18.1 Å². The van der Waals surface area contributed by atoms with Crippen molar-refractivity contribution in [3.63, 3.8) is 0 Å². The van der Waals surface area contributed by atoms with Crippen molar-refractivity contribution < 1.29 is 39.0 Å². The summed E-state index contributed by atoms with van der Waals surface area (Å²) < 4.78 is 0. The highest BCUT2D eigenvalue weighted by atomic mass is 32.1. The zero-order valence-corrected chi connectivity index (χ0v) is 21.1. The highest BCUT2D eigenvalue weighted by Gasteiger charge is 2.30. The van der Waals surface area contributed by atoms with Crippen LogP contribution in [-0.4, -0.2) is 80.7 Å². The number of primary amides is 1. The number of aromatic amines is 1. The molecule has 206 valence electrons. The van der Waals surface area contributed by atoms with Crippen molar-refractivity contribution in [1.29, 1.82) is 0 Å². The van der Waals surface area contributed by atoms with Crippen LogP contribution in [0.15, 0.2) is 30.5 Å².